The molecule has 170 valence electrons. The van der Waals surface area contributed by atoms with Crippen molar-refractivity contribution in [2.24, 2.45) is 13.0 Å². The zero-order valence-corrected chi connectivity index (χ0v) is 18.6. The molecule has 0 spiro atoms. The van der Waals surface area contributed by atoms with Gasteiger partial charge in [0, 0.05) is 18.4 Å². The Morgan fingerprint density at radius 3 is 2.58 bits per heavy atom. The fourth-order valence-corrected chi connectivity index (χ4v) is 3.82. The molecule has 1 aliphatic heterocycles. The summed E-state index contributed by atoms with van der Waals surface area (Å²) in [4.78, 5) is 41.3. The molecule has 4 atom stereocenters. The second-order valence-electron chi connectivity index (χ2n) is 8.95. The molecule has 11 nitrogen and oxygen atoms in total. The third kappa shape index (κ3) is 4.70. The second-order valence-corrected chi connectivity index (χ2v) is 8.95. The fourth-order valence-electron chi connectivity index (χ4n) is 3.82. The van der Waals surface area contributed by atoms with E-state index in [1.807, 2.05) is 0 Å². The van der Waals surface area contributed by atoms with Crippen LogP contribution in [-0.2, 0) is 26.1 Å². The molecule has 2 heterocycles. The van der Waals surface area contributed by atoms with Crippen LogP contribution in [0.15, 0.2) is 12.7 Å². The first-order valence-electron chi connectivity index (χ1n) is 10.4. The number of nitrogens with one attached hydrogen (secondary N) is 1. The van der Waals surface area contributed by atoms with Crippen LogP contribution in [-0.4, -0.2) is 73.4 Å². The lowest BCUT2D eigenvalue weighted by Crippen LogP contribution is -2.53. The maximum absolute atomic E-state index is 13.3. The highest BCUT2D eigenvalue weighted by Gasteiger charge is 2.62. The molecule has 0 radical (unpaired) electrons. The number of amides is 2. The maximum Gasteiger partial charge on any atom is 0.410 e. The van der Waals surface area contributed by atoms with Gasteiger partial charge in [0.2, 0.25) is 5.91 Å². The van der Waals surface area contributed by atoms with Gasteiger partial charge in [-0.2, -0.15) is 4.80 Å². The van der Waals surface area contributed by atoms with Crippen molar-refractivity contribution in [2.45, 2.75) is 63.6 Å². The molecule has 0 aromatic carbocycles. The Hall–Kier alpha value is -2.98. The standard InChI is InChI=1S/C20H30N6O5/c1-7-13-10-20(13,17(28)30-8-2)21-16(27)14-9-12(15-22-24-25(6)23-15)11-26(14)18(29)31-19(3,4)5/h7,12-14H,1,8-11H2,2-6H3,(H,21,27)/t12-,13?,14-,20?/m1/s1. The van der Waals surface area contributed by atoms with Crippen molar-refractivity contribution in [3.8, 4) is 0 Å². The van der Waals surface area contributed by atoms with Crippen LogP contribution in [0.4, 0.5) is 4.79 Å². The van der Waals surface area contributed by atoms with E-state index in [2.05, 4.69) is 27.3 Å². The fraction of sp³-hybridized carbons (Fsp3) is 0.700. The van der Waals surface area contributed by atoms with E-state index in [0.717, 1.165) is 0 Å². The Labute approximate surface area is 181 Å². The highest BCUT2D eigenvalue weighted by atomic mass is 16.6. The Morgan fingerprint density at radius 1 is 1.35 bits per heavy atom. The van der Waals surface area contributed by atoms with Crippen molar-refractivity contribution in [3.63, 3.8) is 0 Å². The zero-order chi connectivity index (χ0) is 23.0. The van der Waals surface area contributed by atoms with Gasteiger partial charge in [-0.05, 0) is 45.7 Å². The monoisotopic (exact) mass is 434 g/mol. The van der Waals surface area contributed by atoms with Crippen LogP contribution < -0.4 is 5.32 Å². The van der Waals surface area contributed by atoms with Crippen molar-refractivity contribution < 1.29 is 23.9 Å². The van der Waals surface area contributed by atoms with Crippen LogP contribution in [0, 0.1) is 5.92 Å². The second kappa shape index (κ2) is 8.27. The number of carbonyl (C=O) groups is 3. The molecular formula is C20H30N6O5. The van der Waals surface area contributed by atoms with Crippen LogP contribution in [0.1, 0.15) is 52.3 Å². The Kier molecular flexibility index (Phi) is 6.06. The molecule has 0 bridgehead atoms. The molecule has 2 unspecified atom stereocenters. The van der Waals surface area contributed by atoms with Gasteiger partial charge in [-0.1, -0.05) is 6.08 Å². The molecule has 1 N–H and O–H groups in total. The number of carbonyl (C=O) groups excluding carboxylic acids is 3. The lowest BCUT2D eigenvalue weighted by molar-refractivity contribution is -0.149. The summed E-state index contributed by atoms with van der Waals surface area (Å²) >= 11 is 0. The van der Waals surface area contributed by atoms with Gasteiger partial charge in [0.1, 0.15) is 17.2 Å². The smallest absolute Gasteiger partial charge is 0.410 e. The maximum atomic E-state index is 13.3. The van der Waals surface area contributed by atoms with E-state index in [4.69, 9.17) is 9.47 Å². The van der Waals surface area contributed by atoms with E-state index in [9.17, 15) is 14.4 Å². The number of aromatic nitrogens is 4. The van der Waals surface area contributed by atoms with Crippen molar-refractivity contribution in [1.29, 1.82) is 0 Å². The van der Waals surface area contributed by atoms with Gasteiger partial charge in [-0.15, -0.1) is 16.8 Å². The number of rotatable bonds is 6. The Bertz CT molecular complexity index is 878. The minimum atomic E-state index is -1.14. The van der Waals surface area contributed by atoms with Crippen LogP contribution >= 0.6 is 0 Å². The summed E-state index contributed by atoms with van der Waals surface area (Å²) in [5, 5.41) is 14.9. The zero-order valence-electron chi connectivity index (χ0n) is 18.6. The number of hydrogen-bond donors (Lipinski definition) is 1. The molecule has 1 aromatic rings. The Morgan fingerprint density at radius 2 is 2.06 bits per heavy atom. The molecule has 2 amide bonds. The molecule has 1 aromatic heterocycles. The van der Waals surface area contributed by atoms with Crippen molar-refractivity contribution in [1.82, 2.24) is 30.4 Å². The van der Waals surface area contributed by atoms with E-state index in [1.165, 1.54) is 9.70 Å². The highest BCUT2D eigenvalue weighted by molar-refractivity contribution is 5.95. The van der Waals surface area contributed by atoms with E-state index < -0.39 is 35.2 Å². The van der Waals surface area contributed by atoms with Gasteiger partial charge in [0.05, 0.1) is 13.7 Å². The molecule has 1 saturated heterocycles. The number of esters is 1. The van der Waals surface area contributed by atoms with Gasteiger partial charge >= 0.3 is 12.1 Å². The minimum Gasteiger partial charge on any atom is -0.464 e. The van der Waals surface area contributed by atoms with Gasteiger partial charge in [0.25, 0.3) is 0 Å². The number of nitrogens with zero attached hydrogens (tertiary/aromatic N) is 5. The molecular weight excluding hydrogens is 404 g/mol. The summed E-state index contributed by atoms with van der Waals surface area (Å²) in [7, 11) is 1.65. The SMILES string of the molecule is C=CC1CC1(NC(=O)[C@H]1C[C@@H](c2nnn(C)n2)CN1C(=O)OC(C)(C)C)C(=O)OCC. The van der Waals surface area contributed by atoms with E-state index >= 15 is 0 Å². The summed E-state index contributed by atoms with van der Waals surface area (Å²) in [6.07, 6.45) is 1.72. The number of aryl methyl sites for hydroxylation is 1. The topological polar surface area (TPSA) is 129 Å². The van der Waals surface area contributed by atoms with Crippen molar-refractivity contribution in [2.75, 3.05) is 13.2 Å². The lowest BCUT2D eigenvalue weighted by atomic mass is 10.0. The molecule has 2 aliphatic rings. The summed E-state index contributed by atoms with van der Waals surface area (Å²) in [5.74, 6) is -1.01. The third-order valence-corrected chi connectivity index (χ3v) is 5.41. The summed E-state index contributed by atoms with van der Waals surface area (Å²) in [5.41, 5.74) is -1.87. The van der Waals surface area contributed by atoms with E-state index in [0.29, 0.717) is 12.2 Å². The molecule has 1 aliphatic carbocycles. The van der Waals surface area contributed by atoms with Gasteiger partial charge in [-0.25, -0.2) is 9.59 Å². The largest absolute Gasteiger partial charge is 0.464 e. The van der Waals surface area contributed by atoms with E-state index in [1.54, 1.807) is 40.8 Å². The number of tetrazole rings is 1. The quantitative estimate of drug-likeness (QED) is 0.517. The lowest BCUT2D eigenvalue weighted by Gasteiger charge is -2.29. The molecule has 31 heavy (non-hydrogen) atoms. The first-order chi connectivity index (χ1) is 14.5. The average molecular weight is 434 g/mol. The highest BCUT2D eigenvalue weighted by Crippen LogP contribution is 2.46. The predicted octanol–water partition coefficient (Wildman–Crippen LogP) is 0.927. The minimum absolute atomic E-state index is 0.203. The predicted molar refractivity (Wildman–Crippen MR) is 109 cm³/mol. The normalized spacial score (nSPS) is 27.5. The van der Waals surface area contributed by atoms with Crippen LogP contribution in [0.3, 0.4) is 0 Å². The summed E-state index contributed by atoms with van der Waals surface area (Å²) in [6.45, 7) is 11.1. The van der Waals surface area contributed by atoms with E-state index in [-0.39, 0.29) is 31.4 Å². The average Bonchev–Trinajstić information content (AvgIpc) is 3.01. The van der Waals surface area contributed by atoms with Crippen molar-refractivity contribution in [3.05, 3.63) is 18.5 Å². The first-order valence-corrected chi connectivity index (χ1v) is 10.4. The van der Waals surface area contributed by atoms with Gasteiger partial charge < -0.3 is 14.8 Å². The molecule has 1 saturated carbocycles. The van der Waals surface area contributed by atoms with Crippen LogP contribution in [0.5, 0.6) is 0 Å². The number of hydrogen-bond acceptors (Lipinski definition) is 8. The Balaban J connectivity index is 1.82. The van der Waals surface area contributed by atoms with Crippen LogP contribution in [0.25, 0.3) is 0 Å². The molecule has 3 rings (SSSR count). The van der Waals surface area contributed by atoms with Crippen LogP contribution in [0.2, 0.25) is 0 Å². The number of ether oxygens (including phenoxy) is 2. The third-order valence-electron chi connectivity index (χ3n) is 5.41. The summed E-state index contributed by atoms with van der Waals surface area (Å²) < 4.78 is 10.7. The molecule has 11 heteroatoms. The van der Waals surface area contributed by atoms with Gasteiger partial charge in [-0.3, -0.25) is 9.69 Å². The van der Waals surface area contributed by atoms with Crippen molar-refractivity contribution >= 4 is 18.0 Å². The first kappa shape index (κ1) is 22.7. The number of likely N-dealkylation sites (tertiary alicyclic amines) is 1. The van der Waals surface area contributed by atoms with Gasteiger partial charge in [0.15, 0.2) is 5.82 Å². The molecule has 2 fully saturated rings. The summed E-state index contributed by atoms with van der Waals surface area (Å²) in [6, 6.07) is -0.846.